The molecule has 0 aliphatic rings. The zero-order valence-electron chi connectivity index (χ0n) is 12.7. The van der Waals surface area contributed by atoms with Gasteiger partial charge in [-0.3, -0.25) is 0 Å². The third-order valence-electron chi connectivity index (χ3n) is 4.03. The molecule has 0 nitrogen and oxygen atoms in total. The fourth-order valence-electron chi connectivity index (χ4n) is 2.51. The van der Waals surface area contributed by atoms with E-state index >= 15 is 0 Å². The zero-order chi connectivity index (χ0) is 13.1. The molecular formula is C17H34. The van der Waals surface area contributed by atoms with Crippen molar-refractivity contribution in [3.05, 3.63) is 12.7 Å². The van der Waals surface area contributed by atoms with Gasteiger partial charge in [-0.15, -0.1) is 6.58 Å². The molecule has 102 valence electrons. The first kappa shape index (κ1) is 16.7. The van der Waals surface area contributed by atoms with Crippen LogP contribution in [0.5, 0.6) is 0 Å². The number of unbranched alkanes of at least 4 members (excludes halogenated alkanes) is 3. The first-order valence-corrected chi connectivity index (χ1v) is 7.66. The minimum Gasteiger partial charge on any atom is -0.103 e. The van der Waals surface area contributed by atoms with Gasteiger partial charge in [-0.25, -0.2) is 0 Å². The number of hydrogen-bond acceptors (Lipinski definition) is 0. The van der Waals surface area contributed by atoms with Crippen LogP contribution >= 0.6 is 0 Å². The summed E-state index contributed by atoms with van der Waals surface area (Å²) in [5.74, 6) is 0.941. The summed E-state index contributed by atoms with van der Waals surface area (Å²) in [5, 5.41) is 0. The van der Waals surface area contributed by atoms with Gasteiger partial charge in [0.2, 0.25) is 0 Å². The second-order valence-corrected chi connectivity index (χ2v) is 6.30. The van der Waals surface area contributed by atoms with E-state index in [0.717, 1.165) is 5.92 Å². The van der Waals surface area contributed by atoms with Crippen molar-refractivity contribution in [1.29, 1.82) is 0 Å². The molecule has 0 radical (unpaired) electrons. The minimum absolute atomic E-state index is 0.533. The lowest BCUT2D eigenvalue weighted by Crippen LogP contribution is -2.16. The van der Waals surface area contributed by atoms with Gasteiger partial charge in [0.05, 0.1) is 0 Å². The van der Waals surface area contributed by atoms with Crippen LogP contribution in [0, 0.1) is 11.3 Å². The van der Waals surface area contributed by atoms with Gasteiger partial charge in [0.15, 0.2) is 0 Å². The molecule has 0 amide bonds. The van der Waals surface area contributed by atoms with E-state index in [1.165, 1.54) is 57.8 Å². The molecule has 0 bridgehead atoms. The Bertz CT molecular complexity index is 178. The molecule has 17 heavy (non-hydrogen) atoms. The van der Waals surface area contributed by atoms with Gasteiger partial charge in [0.25, 0.3) is 0 Å². The third-order valence-corrected chi connectivity index (χ3v) is 4.03. The molecule has 0 fully saturated rings. The zero-order valence-corrected chi connectivity index (χ0v) is 12.7. The molecule has 0 aliphatic heterocycles. The number of hydrogen-bond donors (Lipinski definition) is 0. The normalized spacial score (nSPS) is 13.6. The Kier molecular flexibility index (Phi) is 9.59. The molecule has 0 heterocycles. The monoisotopic (exact) mass is 238 g/mol. The lowest BCUT2D eigenvalue weighted by molar-refractivity contribution is 0.233. The number of rotatable bonds is 11. The van der Waals surface area contributed by atoms with E-state index in [1.807, 2.05) is 0 Å². The van der Waals surface area contributed by atoms with Crippen molar-refractivity contribution in [2.75, 3.05) is 0 Å². The van der Waals surface area contributed by atoms with Crippen LogP contribution in [0.25, 0.3) is 0 Å². The fourth-order valence-corrected chi connectivity index (χ4v) is 2.51. The van der Waals surface area contributed by atoms with Gasteiger partial charge < -0.3 is 0 Å². The van der Waals surface area contributed by atoms with Gasteiger partial charge in [0, 0.05) is 0 Å². The van der Waals surface area contributed by atoms with Gasteiger partial charge in [0.1, 0.15) is 0 Å². The van der Waals surface area contributed by atoms with Crippen molar-refractivity contribution >= 4 is 0 Å². The Hall–Kier alpha value is -0.260. The fraction of sp³-hybridized carbons (Fsp3) is 0.882. The highest BCUT2D eigenvalue weighted by Crippen LogP contribution is 2.33. The average molecular weight is 238 g/mol. The summed E-state index contributed by atoms with van der Waals surface area (Å²) in [4.78, 5) is 0. The highest BCUT2D eigenvalue weighted by Gasteiger charge is 2.20. The minimum atomic E-state index is 0.533. The van der Waals surface area contributed by atoms with Crippen molar-refractivity contribution in [3.8, 4) is 0 Å². The van der Waals surface area contributed by atoms with Crippen molar-refractivity contribution in [1.82, 2.24) is 0 Å². The molecule has 0 heteroatoms. The highest BCUT2D eigenvalue weighted by molar-refractivity contribution is 4.74. The first-order chi connectivity index (χ1) is 8.05. The highest BCUT2D eigenvalue weighted by atomic mass is 14.3. The lowest BCUT2D eigenvalue weighted by Gasteiger charge is -2.29. The lowest BCUT2D eigenvalue weighted by atomic mass is 9.77. The summed E-state index contributed by atoms with van der Waals surface area (Å²) >= 11 is 0. The molecule has 0 saturated carbocycles. The second-order valence-electron chi connectivity index (χ2n) is 6.30. The molecule has 1 unspecified atom stereocenters. The van der Waals surface area contributed by atoms with Gasteiger partial charge in [-0.05, 0) is 30.6 Å². The van der Waals surface area contributed by atoms with Crippen LogP contribution in [-0.4, -0.2) is 0 Å². The molecule has 0 spiro atoms. The quantitative estimate of drug-likeness (QED) is 0.290. The maximum Gasteiger partial charge on any atom is -0.0353 e. The van der Waals surface area contributed by atoms with Crippen LogP contribution < -0.4 is 0 Å². The first-order valence-electron chi connectivity index (χ1n) is 7.66. The van der Waals surface area contributed by atoms with Crippen LogP contribution in [0.2, 0.25) is 0 Å². The molecule has 0 N–H and O–H groups in total. The van der Waals surface area contributed by atoms with E-state index in [2.05, 4.69) is 40.3 Å². The summed E-state index contributed by atoms with van der Waals surface area (Å²) in [6, 6.07) is 0. The number of allylic oxidation sites excluding steroid dienone is 1. The predicted octanol–water partition coefficient (Wildman–Crippen LogP) is 6.37. The van der Waals surface area contributed by atoms with E-state index < -0.39 is 0 Å². The molecule has 0 aliphatic carbocycles. The Morgan fingerprint density at radius 1 is 1.06 bits per heavy atom. The summed E-state index contributed by atoms with van der Waals surface area (Å²) in [6.45, 7) is 13.3. The van der Waals surface area contributed by atoms with E-state index in [0.29, 0.717) is 5.41 Å². The second kappa shape index (κ2) is 9.74. The van der Waals surface area contributed by atoms with Gasteiger partial charge in [-0.2, -0.15) is 0 Å². The topological polar surface area (TPSA) is 0 Å². The van der Waals surface area contributed by atoms with Crippen LogP contribution in [0.15, 0.2) is 12.7 Å². The van der Waals surface area contributed by atoms with Crippen LogP contribution in [0.3, 0.4) is 0 Å². The van der Waals surface area contributed by atoms with Gasteiger partial charge in [-0.1, -0.05) is 72.3 Å². The molecule has 0 aromatic rings. The molecule has 0 aromatic heterocycles. The van der Waals surface area contributed by atoms with Crippen molar-refractivity contribution in [2.45, 2.75) is 85.5 Å². The molecule has 0 rings (SSSR count). The summed E-state index contributed by atoms with van der Waals surface area (Å²) in [6.07, 6.45) is 14.3. The predicted molar refractivity (Wildman–Crippen MR) is 80.4 cm³/mol. The maximum absolute atomic E-state index is 3.82. The van der Waals surface area contributed by atoms with Crippen molar-refractivity contribution < 1.29 is 0 Å². The van der Waals surface area contributed by atoms with E-state index in [-0.39, 0.29) is 0 Å². The Labute approximate surface area is 110 Å². The SMILES string of the molecule is C=CCCCC(CCCCC)CC(C)(C)CC. The van der Waals surface area contributed by atoms with Crippen molar-refractivity contribution in [3.63, 3.8) is 0 Å². The standard InChI is InChI=1S/C17H34/c1-6-9-11-13-16(14-12-10-7-2)15-17(4,5)8-3/h6,16H,1,7-15H2,2-5H3. The molecule has 0 saturated heterocycles. The van der Waals surface area contributed by atoms with E-state index in [1.54, 1.807) is 0 Å². The van der Waals surface area contributed by atoms with Gasteiger partial charge >= 0.3 is 0 Å². The molecule has 1 atom stereocenters. The van der Waals surface area contributed by atoms with Crippen LogP contribution in [-0.2, 0) is 0 Å². The summed E-state index contributed by atoms with van der Waals surface area (Å²) in [5.41, 5.74) is 0.533. The van der Waals surface area contributed by atoms with E-state index in [4.69, 9.17) is 0 Å². The van der Waals surface area contributed by atoms with E-state index in [9.17, 15) is 0 Å². The average Bonchev–Trinajstić information content (AvgIpc) is 2.29. The van der Waals surface area contributed by atoms with Crippen LogP contribution in [0.1, 0.15) is 85.5 Å². The van der Waals surface area contributed by atoms with Crippen molar-refractivity contribution in [2.24, 2.45) is 11.3 Å². The molecule has 0 aromatic carbocycles. The summed E-state index contributed by atoms with van der Waals surface area (Å²) in [7, 11) is 0. The molecular weight excluding hydrogens is 204 g/mol. The summed E-state index contributed by atoms with van der Waals surface area (Å²) < 4.78 is 0. The largest absolute Gasteiger partial charge is 0.103 e. The third kappa shape index (κ3) is 9.44. The maximum atomic E-state index is 3.82. The smallest absolute Gasteiger partial charge is 0.0353 e. The Morgan fingerprint density at radius 3 is 2.24 bits per heavy atom. The Morgan fingerprint density at radius 2 is 1.71 bits per heavy atom. The van der Waals surface area contributed by atoms with Crippen LogP contribution in [0.4, 0.5) is 0 Å². The Balaban J connectivity index is 4.04.